The minimum absolute atomic E-state index is 0.153. The Bertz CT molecular complexity index is 974. The van der Waals surface area contributed by atoms with Crippen molar-refractivity contribution in [2.24, 2.45) is 4.99 Å². The molecular weight excluding hydrogens is 326 g/mol. The van der Waals surface area contributed by atoms with E-state index in [1.807, 2.05) is 59.3 Å². The molecule has 0 saturated heterocycles. The number of anilines is 1. The van der Waals surface area contributed by atoms with Gasteiger partial charge < -0.3 is 9.88 Å². The average Bonchev–Trinajstić information content (AvgIpc) is 2.64. The number of carbonyl (C=O) groups is 2. The lowest BCUT2D eigenvalue weighted by Gasteiger charge is -2.07. The molecule has 0 bridgehead atoms. The lowest BCUT2D eigenvalue weighted by molar-refractivity contribution is -0.114. The summed E-state index contributed by atoms with van der Waals surface area (Å²) in [6.07, 6.45) is 1.90. The van der Waals surface area contributed by atoms with Crippen molar-refractivity contribution in [3.63, 3.8) is 0 Å². The molecule has 0 aliphatic heterocycles. The monoisotopic (exact) mass is 345 g/mol. The van der Waals surface area contributed by atoms with E-state index in [-0.39, 0.29) is 11.8 Å². The van der Waals surface area contributed by atoms with Crippen molar-refractivity contribution in [3.8, 4) is 0 Å². The highest BCUT2D eigenvalue weighted by Gasteiger charge is 2.05. The van der Waals surface area contributed by atoms with Gasteiger partial charge >= 0.3 is 0 Å². The van der Waals surface area contributed by atoms with Crippen LogP contribution in [-0.4, -0.2) is 16.4 Å². The second-order valence-electron chi connectivity index (χ2n) is 5.85. The zero-order valence-corrected chi connectivity index (χ0v) is 14.4. The van der Waals surface area contributed by atoms with Gasteiger partial charge in [0.05, 0.1) is 0 Å². The highest BCUT2D eigenvalue weighted by atomic mass is 16.2. The number of benzene rings is 2. The summed E-state index contributed by atoms with van der Waals surface area (Å²) in [5, 5.41) is 2.67. The highest BCUT2D eigenvalue weighted by Crippen LogP contribution is 2.10. The van der Waals surface area contributed by atoms with Crippen molar-refractivity contribution in [2.75, 3.05) is 5.32 Å². The number of hydrogen-bond acceptors (Lipinski definition) is 2. The van der Waals surface area contributed by atoms with Gasteiger partial charge in [0.15, 0.2) is 0 Å². The molecular formula is C21H19N3O2. The van der Waals surface area contributed by atoms with E-state index in [2.05, 4.69) is 10.3 Å². The molecule has 0 aliphatic rings. The molecule has 2 aromatic carbocycles. The fourth-order valence-electron chi connectivity index (χ4n) is 2.55. The molecule has 5 heteroatoms. The molecule has 2 amide bonds. The summed E-state index contributed by atoms with van der Waals surface area (Å²) in [6, 6.07) is 22.3. The summed E-state index contributed by atoms with van der Waals surface area (Å²) in [5.41, 5.74) is 2.83. The highest BCUT2D eigenvalue weighted by molar-refractivity contribution is 5.96. The topological polar surface area (TPSA) is 63.5 Å². The summed E-state index contributed by atoms with van der Waals surface area (Å²) in [5.74, 6) is -0.479. The van der Waals surface area contributed by atoms with Crippen molar-refractivity contribution in [3.05, 3.63) is 95.6 Å². The largest absolute Gasteiger partial charge is 0.328 e. The molecule has 0 spiro atoms. The van der Waals surface area contributed by atoms with Gasteiger partial charge in [-0.25, -0.2) is 0 Å². The first kappa shape index (κ1) is 17.4. The molecule has 5 nitrogen and oxygen atoms in total. The molecule has 130 valence electrons. The van der Waals surface area contributed by atoms with Crippen LogP contribution in [0.2, 0.25) is 0 Å². The van der Waals surface area contributed by atoms with Crippen LogP contribution >= 0.6 is 0 Å². The summed E-state index contributed by atoms with van der Waals surface area (Å²) in [7, 11) is 0. The number of pyridine rings is 1. The van der Waals surface area contributed by atoms with Gasteiger partial charge in [-0.1, -0.05) is 36.4 Å². The molecule has 0 aliphatic carbocycles. The Morgan fingerprint density at radius 3 is 2.31 bits per heavy atom. The Labute approximate surface area is 151 Å². The van der Waals surface area contributed by atoms with Crippen LogP contribution in [0.1, 0.15) is 22.8 Å². The molecule has 0 radical (unpaired) electrons. The number of nitrogens with one attached hydrogen (secondary N) is 1. The maximum atomic E-state index is 12.5. The smallest absolute Gasteiger partial charge is 0.278 e. The minimum atomic E-state index is -0.326. The Kier molecular flexibility index (Phi) is 5.39. The zero-order chi connectivity index (χ0) is 18.4. The zero-order valence-electron chi connectivity index (χ0n) is 14.4. The molecule has 1 aromatic heterocycles. The molecule has 3 rings (SSSR count). The lowest BCUT2D eigenvalue weighted by atomic mass is 10.2. The van der Waals surface area contributed by atoms with Crippen molar-refractivity contribution >= 4 is 17.5 Å². The van der Waals surface area contributed by atoms with Crippen LogP contribution in [0.15, 0.2) is 84.0 Å². The van der Waals surface area contributed by atoms with Gasteiger partial charge in [0, 0.05) is 30.9 Å². The van der Waals surface area contributed by atoms with Gasteiger partial charge in [-0.15, -0.1) is 0 Å². The van der Waals surface area contributed by atoms with E-state index >= 15 is 0 Å². The number of carbonyl (C=O) groups excluding carboxylic acids is 2. The molecule has 0 atom stereocenters. The van der Waals surface area contributed by atoms with Crippen molar-refractivity contribution in [1.82, 2.24) is 4.57 Å². The van der Waals surface area contributed by atoms with Crippen molar-refractivity contribution in [2.45, 2.75) is 13.5 Å². The molecule has 1 N–H and O–H groups in total. The van der Waals surface area contributed by atoms with Crippen molar-refractivity contribution in [1.29, 1.82) is 0 Å². The summed E-state index contributed by atoms with van der Waals surface area (Å²) in [4.78, 5) is 27.8. The SMILES string of the molecule is CC(=O)Nc1ccc(C(=O)N=c2ccccn2Cc2ccccc2)cc1. The fourth-order valence-corrected chi connectivity index (χ4v) is 2.55. The summed E-state index contributed by atoms with van der Waals surface area (Å²) in [6.45, 7) is 2.07. The van der Waals surface area contributed by atoms with E-state index in [0.29, 0.717) is 23.3 Å². The average molecular weight is 345 g/mol. The van der Waals surface area contributed by atoms with Gasteiger partial charge in [0.1, 0.15) is 5.49 Å². The summed E-state index contributed by atoms with van der Waals surface area (Å²) >= 11 is 0. The van der Waals surface area contributed by atoms with E-state index in [1.54, 1.807) is 24.3 Å². The maximum absolute atomic E-state index is 12.5. The van der Waals surface area contributed by atoms with Crippen LogP contribution in [0.25, 0.3) is 0 Å². The van der Waals surface area contributed by atoms with Gasteiger partial charge in [0.2, 0.25) is 5.91 Å². The van der Waals surface area contributed by atoms with Crippen molar-refractivity contribution < 1.29 is 9.59 Å². The Balaban J connectivity index is 1.85. The van der Waals surface area contributed by atoms with Gasteiger partial charge in [-0.3, -0.25) is 9.59 Å². The van der Waals surface area contributed by atoms with Gasteiger partial charge in [-0.05, 0) is 42.0 Å². The summed E-state index contributed by atoms with van der Waals surface area (Å²) < 4.78 is 1.93. The first-order chi connectivity index (χ1) is 12.6. The Morgan fingerprint density at radius 1 is 0.923 bits per heavy atom. The van der Waals surface area contributed by atoms with E-state index in [9.17, 15) is 9.59 Å². The van der Waals surface area contributed by atoms with Gasteiger partial charge in [-0.2, -0.15) is 4.99 Å². The number of amides is 2. The molecule has 26 heavy (non-hydrogen) atoms. The van der Waals surface area contributed by atoms with E-state index in [1.165, 1.54) is 6.92 Å². The lowest BCUT2D eigenvalue weighted by Crippen LogP contribution is -2.22. The number of rotatable bonds is 4. The third-order valence-corrected chi connectivity index (χ3v) is 3.78. The van der Waals surface area contributed by atoms with Crippen LogP contribution in [0.5, 0.6) is 0 Å². The van der Waals surface area contributed by atoms with Crippen LogP contribution in [0.4, 0.5) is 5.69 Å². The van der Waals surface area contributed by atoms with E-state index in [0.717, 1.165) is 5.56 Å². The second-order valence-corrected chi connectivity index (χ2v) is 5.85. The Hall–Kier alpha value is -3.47. The molecule has 1 heterocycles. The fraction of sp³-hybridized carbons (Fsp3) is 0.0952. The molecule has 0 saturated carbocycles. The normalized spacial score (nSPS) is 11.2. The molecule has 0 fully saturated rings. The quantitative estimate of drug-likeness (QED) is 0.789. The van der Waals surface area contributed by atoms with E-state index in [4.69, 9.17) is 0 Å². The predicted molar refractivity (Wildman–Crippen MR) is 101 cm³/mol. The predicted octanol–water partition coefficient (Wildman–Crippen LogP) is 3.24. The third kappa shape index (κ3) is 4.54. The first-order valence-corrected chi connectivity index (χ1v) is 8.28. The third-order valence-electron chi connectivity index (χ3n) is 3.78. The van der Waals surface area contributed by atoms with Crippen LogP contribution < -0.4 is 10.8 Å². The van der Waals surface area contributed by atoms with Gasteiger partial charge in [0.25, 0.3) is 5.91 Å². The van der Waals surface area contributed by atoms with E-state index < -0.39 is 0 Å². The maximum Gasteiger partial charge on any atom is 0.278 e. The number of hydrogen-bond donors (Lipinski definition) is 1. The van der Waals surface area contributed by atoms with Crippen LogP contribution in [0, 0.1) is 0 Å². The standard InChI is InChI=1S/C21H19N3O2/c1-16(25)22-19-12-10-18(11-13-19)21(26)23-20-9-5-6-14-24(20)15-17-7-3-2-4-8-17/h2-14H,15H2,1H3,(H,22,25). The molecule has 0 unspecified atom stereocenters. The Morgan fingerprint density at radius 2 is 1.62 bits per heavy atom. The number of aromatic nitrogens is 1. The first-order valence-electron chi connectivity index (χ1n) is 8.28. The molecule has 3 aromatic rings. The van der Waals surface area contributed by atoms with Crippen LogP contribution in [-0.2, 0) is 11.3 Å². The number of nitrogens with zero attached hydrogens (tertiary/aromatic N) is 2. The van der Waals surface area contributed by atoms with Crippen LogP contribution in [0.3, 0.4) is 0 Å². The second kappa shape index (κ2) is 8.07. The minimum Gasteiger partial charge on any atom is -0.328 e.